The molecule has 0 bridgehead atoms. The van der Waals surface area contributed by atoms with Gasteiger partial charge in [-0.25, -0.2) is 9.59 Å². The highest BCUT2D eigenvalue weighted by molar-refractivity contribution is 5.94. The van der Waals surface area contributed by atoms with Crippen LogP contribution in [0.4, 0.5) is 4.79 Å². The van der Waals surface area contributed by atoms with Crippen LogP contribution in [0.5, 0.6) is 0 Å². The molecule has 5 heteroatoms. The van der Waals surface area contributed by atoms with Crippen molar-refractivity contribution < 1.29 is 14.3 Å². The van der Waals surface area contributed by atoms with Crippen LogP contribution in [0.15, 0.2) is 35.5 Å². The van der Waals surface area contributed by atoms with Crippen molar-refractivity contribution in [1.29, 1.82) is 0 Å². The molecular formula is C18H24N2O3. The highest BCUT2D eigenvalue weighted by Crippen LogP contribution is 2.32. The van der Waals surface area contributed by atoms with Crippen molar-refractivity contribution >= 4 is 12.0 Å². The van der Waals surface area contributed by atoms with E-state index in [9.17, 15) is 9.59 Å². The standard InChI is InChI=1S/C18H24N2O3/c1-11-14(16(21)23-6)15(19-17(22)20(11)5)12-7-9-13(10-8-12)18(2,3)4/h7-10,15H,1-6H3,(H,19,22)/t15-/m1/s1. The number of hydrogen-bond donors (Lipinski definition) is 1. The van der Waals surface area contributed by atoms with Gasteiger partial charge in [0.25, 0.3) is 0 Å². The van der Waals surface area contributed by atoms with Gasteiger partial charge in [0, 0.05) is 12.7 Å². The van der Waals surface area contributed by atoms with E-state index in [1.807, 2.05) is 24.3 Å². The molecule has 5 nitrogen and oxygen atoms in total. The Morgan fingerprint density at radius 2 is 1.78 bits per heavy atom. The van der Waals surface area contributed by atoms with E-state index in [-0.39, 0.29) is 11.4 Å². The molecule has 124 valence electrons. The van der Waals surface area contributed by atoms with Crippen LogP contribution in [0.1, 0.15) is 44.9 Å². The van der Waals surface area contributed by atoms with E-state index in [1.165, 1.54) is 17.6 Å². The Kier molecular flexibility index (Phi) is 4.50. The molecular weight excluding hydrogens is 292 g/mol. The van der Waals surface area contributed by atoms with Crippen LogP contribution in [0.2, 0.25) is 0 Å². The number of rotatable bonds is 2. The number of nitrogens with zero attached hydrogens (tertiary/aromatic N) is 1. The number of allylic oxidation sites excluding steroid dienone is 1. The molecule has 1 aliphatic heterocycles. The molecule has 1 atom stereocenters. The third kappa shape index (κ3) is 3.23. The summed E-state index contributed by atoms with van der Waals surface area (Å²) in [5.41, 5.74) is 3.16. The first kappa shape index (κ1) is 17.1. The minimum absolute atomic E-state index is 0.0471. The van der Waals surface area contributed by atoms with Crippen LogP contribution in [-0.2, 0) is 14.9 Å². The van der Waals surface area contributed by atoms with Gasteiger partial charge in [-0.3, -0.25) is 0 Å². The zero-order valence-corrected chi connectivity index (χ0v) is 14.6. The number of nitrogens with one attached hydrogen (secondary N) is 1. The number of amides is 2. The molecule has 1 aliphatic rings. The maximum Gasteiger partial charge on any atom is 0.337 e. The van der Waals surface area contributed by atoms with Crippen LogP contribution in [0.25, 0.3) is 0 Å². The van der Waals surface area contributed by atoms with E-state index < -0.39 is 12.0 Å². The molecule has 2 rings (SSSR count). The quantitative estimate of drug-likeness (QED) is 0.853. The number of methoxy groups -OCH3 is 1. The largest absolute Gasteiger partial charge is 0.466 e. The normalized spacial score (nSPS) is 18.8. The van der Waals surface area contributed by atoms with Crippen molar-refractivity contribution in [2.24, 2.45) is 0 Å². The summed E-state index contributed by atoms with van der Waals surface area (Å²) >= 11 is 0. The van der Waals surface area contributed by atoms with Crippen LogP contribution < -0.4 is 5.32 Å². The summed E-state index contributed by atoms with van der Waals surface area (Å²) in [5.74, 6) is -0.431. The first-order valence-corrected chi connectivity index (χ1v) is 7.60. The third-order valence-electron chi connectivity index (χ3n) is 4.27. The molecule has 0 unspecified atom stereocenters. The number of carbonyl (C=O) groups is 2. The summed E-state index contributed by atoms with van der Waals surface area (Å²) in [6, 6.07) is 7.23. The molecule has 0 aromatic heterocycles. The Bertz CT molecular complexity index is 654. The summed E-state index contributed by atoms with van der Waals surface area (Å²) < 4.78 is 4.90. The first-order valence-electron chi connectivity index (χ1n) is 7.60. The second-order valence-corrected chi connectivity index (χ2v) is 6.80. The third-order valence-corrected chi connectivity index (χ3v) is 4.27. The number of ether oxygens (including phenoxy) is 1. The van der Waals surface area contributed by atoms with E-state index in [1.54, 1.807) is 14.0 Å². The van der Waals surface area contributed by atoms with Gasteiger partial charge < -0.3 is 15.0 Å². The van der Waals surface area contributed by atoms with Crippen molar-refractivity contribution in [2.75, 3.05) is 14.2 Å². The predicted octanol–water partition coefficient (Wildman–Crippen LogP) is 3.13. The number of urea groups is 1. The lowest BCUT2D eigenvalue weighted by molar-refractivity contribution is -0.136. The van der Waals surface area contributed by atoms with Crippen LogP contribution in [0, 0.1) is 0 Å². The molecule has 0 saturated heterocycles. The fourth-order valence-corrected chi connectivity index (χ4v) is 2.64. The highest BCUT2D eigenvalue weighted by atomic mass is 16.5. The predicted molar refractivity (Wildman–Crippen MR) is 88.9 cm³/mol. The highest BCUT2D eigenvalue weighted by Gasteiger charge is 2.34. The molecule has 1 heterocycles. The molecule has 0 radical (unpaired) electrons. The van der Waals surface area contributed by atoms with Gasteiger partial charge in [0.05, 0.1) is 18.7 Å². The van der Waals surface area contributed by atoms with Crippen molar-refractivity contribution in [1.82, 2.24) is 10.2 Å². The van der Waals surface area contributed by atoms with E-state index >= 15 is 0 Å². The van der Waals surface area contributed by atoms with Gasteiger partial charge in [0.15, 0.2) is 0 Å². The Labute approximate surface area is 137 Å². The zero-order chi connectivity index (χ0) is 17.4. The molecule has 1 aromatic rings. The Balaban J connectivity index is 2.47. The van der Waals surface area contributed by atoms with Crippen LogP contribution in [0.3, 0.4) is 0 Å². The summed E-state index contributed by atoms with van der Waals surface area (Å²) in [7, 11) is 2.98. The average Bonchev–Trinajstić information content (AvgIpc) is 2.51. The summed E-state index contributed by atoms with van der Waals surface area (Å²) in [6.07, 6.45) is 0. The summed E-state index contributed by atoms with van der Waals surface area (Å²) in [5, 5.41) is 2.86. The van der Waals surface area contributed by atoms with E-state index in [2.05, 4.69) is 26.1 Å². The van der Waals surface area contributed by atoms with E-state index in [0.717, 1.165) is 5.56 Å². The fourth-order valence-electron chi connectivity index (χ4n) is 2.64. The van der Waals surface area contributed by atoms with Crippen molar-refractivity contribution in [3.8, 4) is 0 Å². The average molecular weight is 316 g/mol. The van der Waals surface area contributed by atoms with Gasteiger partial charge in [0.1, 0.15) is 0 Å². The molecule has 0 saturated carbocycles. The number of esters is 1. The van der Waals surface area contributed by atoms with Crippen molar-refractivity contribution in [2.45, 2.75) is 39.2 Å². The molecule has 0 spiro atoms. The Morgan fingerprint density at radius 3 is 2.26 bits per heavy atom. The maximum absolute atomic E-state index is 12.2. The smallest absolute Gasteiger partial charge is 0.337 e. The summed E-state index contributed by atoms with van der Waals surface area (Å²) in [6.45, 7) is 8.18. The first-order chi connectivity index (χ1) is 10.7. The minimum atomic E-state index is -0.500. The zero-order valence-electron chi connectivity index (χ0n) is 14.6. The molecule has 0 fully saturated rings. The lowest BCUT2D eigenvalue weighted by Crippen LogP contribution is -2.46. The lowest BCUT2D eigenvalue weighted by Gasteiger charge is -2.33. The lowest BCUT2D eigenvalue weighted by atomic mass is 9.85. The number of benzene rings is 1. The van der Waals surface area contributed by atoms with Crippen LogP contribution >= 0.6 is 0 Å². The molecule has 0 aliphatic carbocycles. The Morgan fingerprint density at radius 1 is 1.22 bits per heavy atom. The van der Waals surface area contributed by atoms with Crippen LogP contribution in [-0.4, -0.2) is 31.1 Å². The van der Waals surface area contributed by atoms with Crippen molar-refractivity contribution in [3.05, 3.63) is 46.7 Å². The molecule has 23 heavy (non-hydrogen) atoms. The monoisotopic (exact) mass is 316 g/mol. The number of carbonyl (C=O) groups excluding carboxylic acids is 2. The minimum Gasteiger partial charge on any atom is -0.466 e. The van der Waals surface area contributed by atoms with Gasteiger partial charge in [-0.1, -0.05) is 45.0 Å². The second-order valence-electron chi connectivity index (χ2n) is 6.80. The summed E-state index contributed by atoms with van der Waals surface area (Å²) in [4.78, 5) is 25.7. The van der Waals surface area contributed by atoms with E-state index in [4.69, 9.17) is 4.74 Å². The van der Waals surface area contributed by atoms with Gasteiger partial charge in [0.2, 0.25) is 0 Å². The Hall–Kier alpha value is -2.30. The molecule has 1 aromatic carbocycles. The van der Waals surface area contributed by atoms with E-state index in [0.29, 0.717) is 11.3 Å². The fraction of sp³-hybridized carbons (Fsp3) is 0.444. The molecule has 2 amide bonds. The van der Waals surface area contributed by atoms with Crippen molar-refractivity contribution in [3.63, 3.8) is 0 Å². The number of hydrogen-bond acceptors (Lipinski definition) is 3. The van der Waals surface area contributed by atoms with Gasteiger partial charge >= 0.3 is 12.0 Å². The van der Waals surface area contributed by atoms with Gasteiger partial charge in [-0.15, -0.1) is 0 Å². The second kappa shape index (κ2) is 6.07. The van der Waals surface area contributed by atoms with Gasteiger partial charge in [-0.2, -0.15) is 0 Å². The van der Waals surface area contributed by atoms with Gasteiger partial charge in [-0.05, 0) is 23.5 Å². The SMILES string of the molecule is COC(=O)C1=C(C)N(C)C(=O)N[C@@H]1c1ccc(C(C)(C)C)cc1. The molecule has 1 N–H and O–H groups in total. The topological polar surface area (TPSA) is 58.6 Å². The maximum atomic E-state index is 12.2.